The highest BCUT2D eigenvalue weighted by Gasteiger charge is 2.45. The van der Waals surface area contributed by atoms with E-state index in [1.165, 1.54) is 45.4 Å². The van der Waals surface area contributed by atoms with Crippen LogP contribution in [0.15, 0.2) is 113 Å². The first-order valence-electron chi connectivity index (χ1n) is 14.3. The van der Waals surface area contributed by atoms with Gasteiger partial charge in [-0.05, 0) is 82.3 Å². The van der Waals surface area contributed by atoms with Crippen LogP contribution in [0.5, 0.6) is 0 Å². The van der Waals surface area contributed by atoms with Crippen molar-refractivity contribution in [2.45, 2.75) is 72.1 Å². The Hall–Kier alpha value is -2.86. The average molecular weight is 489 g/mol. The zero-order chi connectivity index (χ0) is 26.3. The lowest BCUT2D eigenvalue weighted by Crippen LogP contribution is -2.34. The third-order valence-corrected chi connectivity index (χ3v) is 8.99. The molecule has 37 heavy (non-hydrogen) atoms. The van der Waals surface area contributed by atoms with E-state index in [9.17, 15) is 0 Å². The van der Waals surface area contributed by atoms with Gasteiger partial charge in [-0.15, -0.1) is 0 Å². The van der Waals surface area contributed by atoms with Crippen LogP contribution in [0.1, 0.15) is 77.8 Å². The molecule has 0 N–H and O–H groups in total. The molecule has 0 aromatic heterocycles. The number of rotatable bonds is 6. The van der Waals surface area contributed by atoms with E-state index in [0.29, 0.717) is 23.7 Å². The van der Waals surface area contributed by atoms with Gasteiger partial charge in [0.05, 0.1) is 0 Å². The van der Waals surface area contributed by atoms with Crippen molar-refractivity contribution in [3.63, 3.8) is 0 Å². The van der Waals surface area contributed by atoms with Crippen molar-refractivity contribution < 1.29 is 0 Å². The maximum atomic E-state index is 4.73. The fraction of sp³-hybridized carbons (Fsp3) is 0.405. The predicted octanol–water partition coefficient (Wildman–Crippen LogP) is 10.3. The van der Waals surface area contributed by atoms with E-state index in [1.54, 1.807) is 11.1 Å². The number of allylic oxidation sites excluding steroid dienone is 14. The van der Waals surface area contributed by atoms with Gasteiger partial charge in [-0.1, -0.05) is 138 Å². The fourth-order valence-corrected chi connectivity index (χ4v) is 7.12. The van der Waals surface area contributed by atoms with E-state index in [4.69, 9.17) is 6.58 Å². The fourth-order valence-electron chi connectivity index (χ4n) is 7.12. The Morgan fingerprint density at radius 3 is 2.59 bits per heavy atom. The van der Waals surface area contributed by atoms with Gasteiger partial charge in [0.1, 0.15) is 0 Å². The summed E-state index contributed by atoms with van der Waals surface area (Å²) in [7, 11) is 0. The molecule has 4 unspecified atom stereocenters. The maximum absolute atomic E-state index is 4.73. The van der Waals surface area contributed by atoms with Gasteiger partial charge in [0.2, 0.25) is 0 Å². The minimum Gasteiger partial charge on any atom is -0.0995 e. The molecule has 4 aliphatic rings. The molecule has 0 heteroatoms. The van der Waals surface area contributed by atoms with E-state index >= 15 is 0 Å². The van der Waals surface area contributed by atoms with E-state index in [1.807, 2.05) is 0 Å². The lowest BCUT2D eigenvalue weighted by Gasteiger charge is -2.42. The molecule has 1 saturated carbocycles. The third-order valence-electron chi connectivity index (χ3n) is 8.99. The van der Waals surface area contributed by atoms with Gasteiger partial charge < -0.3 is 0 Å². The van der Waals surface area contributed by atoms with E-state index < -0.39 is 0 Å². The molecule has 1 aromatic carbocycles. The molecule has 1 fully saturated rings. The molecule has 0 saturated heterocycles. The van der Waals surface area contributed by atoms with Crippen LogP contribution in [-0.4, -0.2) is 0 Å². The van der Waals surface area contributed by atoms with Gasteiger partial charge in [-0.3, -0.25) is 0 Å². The molecule has 5 rings (SSSR count). The Kier molecular flexibility index (Phi) is 7.06. The van der Waals surface area contributed by atoms with Gasteiger partial charge in [-0.25, -0.2) is 0 Å². The van der Waals surface area contributed by atoms with E-state index in [-0.39, 0.29) is 5.41 Å². The predicted molar refractivity (Wildman–Crippen MR) is 161 cm³/mol. The molecule has 0 spiro atoms. The minimum atomic E-state index is 0.164. The second-order valence-electron chi connectivity index (χ2n) is 12.7. The SMILES string of the molecule is C=C1/C(=C\C2=CC=C(c3cccc(C(C)(C)C)c3)C2)CC2=CC(C)C(C(=C)CCC)C(C3=CC=CC3)C12. The van der Waals surface area contributed by atoms with Gasteiger partial charge in [0.25, 0.3) is 0 Å². The van der Waals surface area contributed by atoms with Crippen LogP contribution in [0.25, 0.3) is 5.57 Å². The lowest BCUT2D eigenvalue weighted by molar-refractivity contribution is 0.281. The van der Waals surface area contributed by atoms with Crippen LogP contribution in [0.3, 0.4) is 0 Å². The second-order valence-corrected chi connectivity index (χ2v) is 12.7. The lowest BCUT2D eigenvalue weighted by atomic mass is 9.62. The number of benzene rings is 1. The zero-order valence-corrected chi connectivity index (χ0v) is 23.6. The Bertz CT molecular complexity index is 1290. The molecule has 0 bridgehead atoms. The van der Waals surface area contributed by atoms with Crippen molar-refractivity contribution in [1.29, 1.82) is 0 Å². The first-order chi connectivity index (χ1) is 17.7. The summed E-state index contributed by atoms with van der Waals surface area (Å²) >= 11 is 0. The van der Waals surface area contributed by atoms with Crippen molar-refractivity contribution in [1.82, 2.24) is 0 Å². The normalized spacial score (nSPS) is 28.2. The Balaban J connectivity index is 1.38. The summed E-state index contributed by atoms with van der Waals surface area (Å²) in [6.07, 6.45) is 22.0. The summed E-state index contributed by atoms with van der Waals surface area (Å²) in [6, 6.07) is 9.10. The van der Waals surface area contributed by atoms with Gasteiger partial charge in [-0.2, -0.15) is 0 Å². The monoisotopic (exact) mass is 488 g/mol. The van der Waals surface area contributed by atoms with Crippen LogP contribution < -0.4 is 0 Å². The standard InChI is InChI=1S/C37H44/c1-8-12-24(2)34-25(3)19-32-22-31(26(4)35(32)36(34)28-13-9-10-14-28)21-27-17-18-30(20-27)29-15-11-16-33(23-29)37(5,6)7/h9-11,13,15-19,21,23,25,34-36H,2,4,8,12,14,20,22H2,1,3,5-7H3/b31-21-. The van der Waals surface area contributed by atoms with Crippen LogP contribution in [0.2, 0.25) is 0 Å². The maximum Gasteiger partial charge on any atom is 0.0120 e. The summed E-state index contributed by atoms with van der Waals surface area (Å²) < 4.78 is 0. The first-order valence-corrected chi connectivity index (χ1v) is 14.3. The summed E-state index contributed by atoms with van der Waals surface area (Å²) in [5.41, 5.74) is 13.1. The van der Waals surface area contributed by atoms with Crippen molar-refractivity contribution in [3.8, 4) is 0 Å². The molecule has 0 heterocycles. The Labute approximate surface area is 225 Å². The highest BCUT2D eigenvalue weighted by Crippen LogP contribution is 2.56. The molecule has 4 aliphatic carbocycles. The summed E-state index contributed by atoms with van der Waals surface area (Å²) in [5.74, 6) is 1.95. The molecule has 0 radical (unpaired) electrons. The summed E-state index contributed by atoms with van der Waals surface area (Å²) in [5, 5.41) is 0. The number of hydrogen-bond donors (Lipinski definition) is 0. The molecule has 4 atom stereocenters. The van der Waals surface area contributed by atoms with Gasteiger partial charge in [0, 0.05) is 5.92 Å². The molecule has 0 amide bonds. The Morgan fingerprint density at radius 2 is 1.89 bits per heavy atom. The molecule has 192 valence electrons. The summed E-state index contributed by atoms with van der Waals surface area (Å²) in [4.78, 5) is 0. The molecule has 0 aliphatic heterocycles. The molecular formula is C37H44. The first kappa shape index (κ1) is 25.8. The largest absolute Gasteiger partial charge is 0.0995 e. The van der Waals surface area contributed by atoms with Crippen molar-refractivity contribution in [2.75, 3.05) is 0 Å². The van der Waals surface area contributed by atoms with Crippen LogP contribution in [-0.2, 0) is 5.41 Å². The van der Waals surface area contributed by atoms with E-state index in [2.05, 4.69) is 108 Å². The highest BCUT2D eigenvalue weighted by atomic mass is 14.5. The van der Waals surface area contributed by atoms with E-state index in [0.717, 1.165) is 25.7 Å². The van der Waals surface area contributed by atoms with Crippen LogP contribution in [0.4, 0.5) is 0 Å². The zero-order valence-electron chi connectivity index (χ0n) is 23.6. The highest BCUT2D eigenvalue weighted by molar-refractivity contribution is 5.74. The van der Waals surface area contributed by atoms with Crippen molar-refractivity contribution in [2.24, 2.45) is 23.7 Å². The average Bonchev–Trinajstić information content (AvgIpc) is 3.60. The third kappa shape index (κ3) is 5.00. The quantitative estimate of drug-likeness (QED) is 0.349. The molecular weight excluding hydrogens is 444 g/mol. The van der Waals surface area contributed by atoms with Crippen molar-refractivity contribution >= 4 is 5.57 Å². The van der Waals surface area contributed by atoms with Crippen LogP contribution >= 0.6 is 0 Å². The number of hydrogen-bond acceptors (Lipinski definition) is 0. The second kappa shape index (κ2) is 10.1. The van der Waals surface area contributed by atoms with Gasteiger partial charge >= 0.3 is 0 Å². The molecule has 1 aromatic rings. The van der Waals surface area contributed by atoms with Crippen molar-refractivity contribution in [3.05, 3.63) is 125 Å². The smallest absolute Gasteiger partial charge is 0.0120 e. The molecule has 0 nitrogen and oxygen atoms in total. The summed E-state index contributed by atoms with van der Waals surface area (Å²) in [6.45, 7) is 20.9. The van der Waals surface area contributed by atoms with Gasteiger partial charge in [0.15, 0.2) is 0 Å². The number of fused-ring (bicyclic) bond motifs is 1. The minimum absolute atomic E-state index is 0.164. The topological polar surface area (TPSA) is 0 Å². The van der Waals surface area contributed by atoms with Crippen LogP contribution in [0, 0.1) is 23.7 Å². The Morgan fingerprint density at radius 1 is 1.08 bits per heavy atom.